The number of hydrogen-bond acceptors (Lipinski definition) is 1. The van der Waals surface area contributed by atoms with Crippen molar-refractivity contribution in [2.45, 2.75) is 0 Å². The van der Waals surface area contributed by atoms with E-state index in [1.54, 1.807) is 0 Å². The van der Waals surface area contributed by atoms with Gasteiger partial charge in [-0.2, -0.15) is 0 Å². The van der Waals surface area contributed by atoms with Gasteiger partial charge in [-0.3, -0.25) is 0 Å². The van der Waals surface area contributed by atoms with E-state index in [-0.39, 0.29) is 29.6 Å². The maximum Gasteiger partial charge on any atom is 0.0422 e. The Balaban J connectivity index is 0.00000135. The average molecular weight is 304 g/mol. The van der Waals surface area contributed by atoms with Crippen LogP contribution in [0.3, 0.4) is 0 Å². The molecule has 1 N–H and O–H groups in total. The Bertz CT molecular complexity index is 1080. The van der Waals surface area contributed by atoms with Crippen LogP contribution < -0.4 is 5.32 Å². The molecule has 1 radical (unpaired) electrons. The van der Waals surface area contributed by atoms with E-state index >= 15 is 0 Å². The Hall–Kier alpha value is -1.80. The maximum absolute atomic E-state index is 3.45. The molecule has 0 aliphatic carbocycles. The first-order valence-corrected chi connectivity index (χ1v) is 7.68. The van der Waals surface area contributed by atoms with E-state index in [2.05, 4.69) is 78.1 Å². The van der Waals surface area contributed by atoms with Crippen LogP contribution in [-0.2, 0) is 0 Å². The van der Waals surface area contributed by atoms with Crippen LogP contribution in [0, 0.1) is 0 Å². The summed E-state index contributed by atoms with van der Waals surface area (Å²) in [4.78, 5) is 0. The van der Waals surface area contributed by atoms with E-state index in [9.17, 15) is 0 Å². The SMILES string of the molecule is C1=Cc2cc3cc4cc5ccccc5cc4cc3cc2NC1.[Na]. The smallest absolute Gasteiger partial charge is 0.0422 e. The maximum atomic E-state index is 3.45. The van der Waals surface area contributed by atoms with Gasteiger partial charge in [-0.25, -0.2) is 0 Å². The summed E-state index contributed by atoms with van der Waals surface area (Å²) < 4.78 is 0. The van der Waals surface area contributed by atoms with Crippen molar-refractivity contribution >= 4 is 73.6 Å². The van der Waals surface area contributed by atoms with Crippen LogP contribution in [-0.4, -0.2) is 36.1 Å². The van der Waals surface area contributed by atoms with Gasteiger partial charge in [0, 0.05) is 41.8 Å². The minimum Gasteiger partial charge on any atom is -0.381 e. The molecule has 0 aromatic heterocycles. The number of rotatable bonds is 0. The molecule has 105 valence electrons. The van der Waals surface area contributed by atoms with E-state index in [4.69, 9.17) is 0 Å². The second-order valence-corrected chi connectivity index (χ2v) is 5.97. The molecule has 0 amide bonds. The molecule has 4 aromatic rings. The number of nitrogens with one attached hydrogen (secondary N) is 1. The van der Waals surface area contributed by atoms with Crippen molar-refractivity contribution < 1.29 is 0 Å². The van der Waals surface area contributed by atoms with Gasteiger partial charge in [-0.05, 0) is 74.3 Å². The predicted molar refractivity (Wildman–Crippen MR) is 102 cm³/mol. The first-order valence-electron chi connectivity index (χ1n) is 7.68. The molecule has 1 heterocycles. The van der Waals surface area contributed by atoms with Crippen LogP contribution in [0.2, 0.25) is 0 Å². The summed E-state index contributed by atoms with van der Waals surface area (Å²) in [7, 11) is 0. The fraction of sp³-hybridized carbons (Fsp3) is 0.0476. The standard InChI is InChI=1S/C21H15N.Na/c1-2-5-15-9-18-12-20-13-21-16(6-3-7-22-21)10-19(20)11-17(18)8-14(15)4-1;/h1-6,8-13,22H,7H2;. The van der Waals surface area contributed by atoms with Crippen molar-refractivity contribution in [3.05, 3.63) is 72.3 Å². The Morgan fingerprint density at radius 1 is 0.652 bits per heavy atom. The molecular formula is C21H15NNa. The molecule has 4 aromatic carbocycles. The number of benzene rings is 4. The van der Waals surface area contributed by atoms with Gasteiger partial charge < -0.3 is 5.32 Å². The summed E-state index contributed by atoms with van der Waals surface area (Å²) in [6, 6.07) is 22.3. The largest absolute Gasteiger partial charge is 0.381 e. The second-order valence-electron chi connectivity index (χ2n) is 5.97. The van der Waals surface area contributed by atoms with Crippen molar-refractivity contribution in [3.8, 4) is 0 Å². The fourth-order valence-electron chi connectivity index (χ4n) is 3.41. The third-order valence-electron chi connectivity index (χ3n) is 4.54. The zero-order valence-corrected chi connectivity index (χ0v) is 15.1. The van der Waals surface area contributed by atoms with E-state index in [1.807, 2.05) is 0 Å². The molecule has 0 atom stereocenters. The molecule has 1 nitrogen and oxygen atoms in total. The molecule has 1 aliphatic heterocycles. The second kappa shape index (κ2) is 5.68. The van der Waals surface area contributed by atoms with Crippen molar-refractivity contribution in [3.63, 3.8) is 0 Å². The number of anilines is 1. The summed E-state index contributed by atoms with van der Waals surface area (Å²) in [5, 5.41) is 11.2. The van der Waals surface area contributed by atoms with E-state index in [0.717, 1.165) is 6.54 Å². The van der Waals surface area contributed by atoms with Gasteiger partial charge in [0.1, 0.15) is 0 Å². The molecular weight excluding hydrogens is 289 g/mol. The Morgan fingerprint density at radius 3 is 1.91 bits per heavy atom. The minimum absolute atomic E-state index is 0. The molecule has 0 spiro atoms. The molecule has 5 rings (SSSR count). The van der Waals surface area contributed by atoms with E-state index in [0.29, 0.717) is 0 Å². The number of hydrogen-bond donors (Lipinski definition) is 1. The molecule has 1 aliphatic rings. The van der Waals surface area contributed by atoms with Gasteiger partial charge in [0.15, 0.2) is 0 Å². The van der Waals surface area contributed by atoms with Crippen LogP contribution in [0.15, 0.2) is 66.7 Å². The van der Waals surface area contributed by atoms with Crippen molar-refractivity contribution in [2.24, 2.45) is 0 Å². The molecule has 23 heavy (non-hydrogen) atoms. The predicted octanol–water partition coefficient (Wildman–Crippen LogP) is 5.20. The summed E-state index contributed by atoms with van der Waals surface area (Å²) in [5.74, 6) is 0. The topological polar surface area (TPSA) is 12.0 Å². The Labute approximate surface area is 157 Å². The summed E-state index contributed by atoms with van der Waals surface area (Å²) in [5.41, 5.74) is 2.51. The zero-order chi connectivity index (χ0) is 14.5. The van der Waals surface area contributed by atoms with Crippen molar-refractivity contribution in [1.82, 2.24) is 0 Å². The Morgan fingerprint density at radius 2 is 1.22 bits per heavy atom. The van der Waals surface area contributed by atoms with Crippen LogP contribution in [0.5, 0.6) is 0 Å². The Kier molecular flexibility index (Phi) is 3.65. The molecule has 0 saturated carbocycles. The average Bonchev–Trinajstić information content (AvgIpc) is 2.56. The van der Waals surface area contributed by atoms with Crippen molar-refractivity contribution in [1.29, 1.82) is 0 Å². The van der Waals surface area contributed by atoms with Gasteiger partial charge in [0.25, 0.3) is 0 Å². The molecule has 0 unspecified atom stereocenters. The first-order chi connectivity index (χ1) is 10.9. The summed E-state index contributed by atoms with van der Waals surface area (Å²) in [6.07, 6.45) is 4.37. The van der Waals surface area contributed by atoms with Crippen molar-refractivity contribution in [2.75, 3.05) is 11.9 Å². The van der Waals surface area contributed by atoms with Gasteiger partial charge in [-0.15, -0.1) is 0 Å². The zero-order valence-electron chi connectivity index (χ0n) is 13.1. The molecule has 0 saturated heterocycles. The normalized spacial score (nSPS) is 12.9. The van der Waals surface area contributed by atoms with Gasteiger partial charge in [0.05, 0.1) is 0 Å². The number of fused-ring (bicyclic) bond motifs is 4. The van der Waals surface area contributed by atoms with Gasteiger partial charge in [-0.1, -0.05) is 36.4 Å². The molecule has 0 bridgehead atoms. The van der Waals surface area contributed by atoms with E-state index in [1.165, 1.54) is 43.6 Å². The van der Waals surface area contributed by atoms with E-state index < -0.39 is 0 Å². The third-order valence-corrected chi connectivity index (χ3v) is 4.54. The summed E-state index contributed by atoms with van der Waals surface area (Å²) >= 11 is 0. The minimum atomic E-state index is 0. The van der Waals surface area contributed by atoms with Gasteiger partial charge >= 0.3 is 0 Å². The third kappa shape index (κ3) is 2.46. The monoisotopic (exact) mass is 304 g/mol. The molecule has 0 fully saturated rings. The van der Waals surface area contributed by atoms with Crippen LogP contribution in [0.1, 0.15) is 5.56 Å². The van der Waals surface area contributed by atoms with Crippen LogP contribution >= 0.6 is 0 Å². The van der Waals surface area contributed by atoms with Crippen LogP contribution in [0.4, 0.5) is 5.69 Å². The van der Waals surface area contributed by atoms with Gasteiger partial charge in [0.2, 0.25) is 0 Å². The van der Waals surface area contributed by atoms with Crippen LogP contribution in [0.25, 0.3) is 38.4 Å². The molecule has 2 heteroatoms. The summed E-state index contributed by atoms with van der Waals surface area (Å²) in [6.45, 7) is 0.913. The first kappa shape index (κ1) is 14.8. The fourth-order valence-corrected chi connectivity index (χ4v) is 3.41. The quantitative estimate of drug-likeness (QED) is 0.347.